The summed E-state index contributed by atoms with van der Waals surface area (Å²) in [6.07, 6.45) is 0. The fraction of sp³-hybridized carbons (Fsp3) is 0.400. The molecule has 1 aromatic heterocycles. The number of hydrogen-bond donors (Lipinski definition) is 0. The minimum Gasteiger partial charge on any atom is -0.243 e. The van der Waals surface area contributed by atoms with Crippen molar-refractivity contribution in [3.63, 3.8) is 0 Å². The first-order valence-corrected chi connectivity index (χ1v) is 3.83. The van der Waals surface area contributed by atoms with Crippen LogP contribution in [0, 0.1) is 0 Å². The van der Waals surface area contributed by atoms with Gasteiger partial charge in [-0.05, 0) is 0 Å². The topological polar surface area (TPSA) is 12.9 Å². The maximum absolute atomic E-state index is 11.8. The fourth-order valence-corrected chi connectivity index (χ4v) is 1.34. The van der Waals surface area contributed by atoms with Crippen LogP contribution in [0.3, 0.4) is 0 Å². The van der Waals surface area contributed by atoms with Gasteiger partial charge >= 0.3 is 0 Å². The van der Waals surface area contributed by atoms with E-state index >= 15 is 0 Å². The Bertz CT molecular complexity index is 170. The summed E-state index contributed by atoms with van der Waals surface area (Å²) in [6, 6.07) is 0. The van der Waals surface area contributed by atoms with Crippen molar-refractivity contribution in [2.45, 2.75) is 12.6 Å². The van der Waals surface area contributed by atoms with E-state index in [1.165, 1.54) is 11.3 Å². The number of nitrogens with zero attached hydrogens (tertiary/aromatic N) is 1. The first kappa shape index (κ1) is 6.96. The highest BCUT2D eigenvalue weighted by atomic mass is 35.5. The molecule has 0 unspecified atom stereocenters. The van der Waals surface area contributed by atoms with Gasteiger partial charge in [-0.2, -0.15) is 0 Å². The summed E-state index contributed by atoms with van der Waals surface area (Å²) in [5, 5.41) is 2.27. The molecule has 1 nitrogen and oxygen atoms in total. The molecule has 1 aromatic rings. The quantitative estimate of drug-likeness (QED) is 0.613. The van der Waals surface area contributed by atoms with Crippen molar-refractivity contribution >= 4 is 22.9 Å². The van der Waals surface area contributed by atoms with E-state index in [9.17, 15) is 4.39 Å². The van der Waals surface area contributed by atoms with Crippen molar-refractivity contribution < 1.29 is 4.39 Å². The lowest BCUT2D eigenvalue weighted by atomic mass is 10.6. The van der Waals surface area contributed by atoms with Gasteiger partial charge < -0.3 is 0 Å². The van der Waals surface area contributed by atoms with E-state index in [1.54, 1.807) is 5.38 Å². The van der Waals surface area contributed by atoms with Gasteiger partial charge in [0.15, 0.2) is 0 Å². The van der Waals surface area contributed by atoms with Gasteiger partial charge in [0.2, 0.25) is 0 Å². The number of hydrogen-bond acceptors (Lipinski definition) is 2. The minimum atomic E-state index is -0.485. The van der Waals surface area contributed by atoms with Crippen molar-refractivity contribution in [1.82, 2.24) is 4.98 Å². The molecule has 0 radical (unpaired) electrons. The molecule has 1 heterocycles. The lowest BCUT2D eigenvalue weighted by molar-refractivity contribution is 0.483. The summed E-state index contributed by atoms with van der Waals surface area (Å²) >= 11 is 6.72. The maximum atomic E-state index is 11.8. The highest BCUT2D eigenvalue weighted by Crippen LogP contribution is 2.11. The summed E-state index contributed by atoms with van der Waals surface area (Å²) in [6.45, 7) is -0.485. The van der Waals surface area contributed by atoms with Gasteiger partial charge in [-0.15, -0.1) is 22.9 Å². The smallest absolute Gasteiger partial charge is 0.141 e. The Balaban J connectivity index is 2.74. The second-order valence-corrected chi connectivity index (χ2v) is 2.71. The van der Waals surface area contributed by atoms with Crippen LogP contribution in [-0.4, -0.2) is 4.98 Å². The van der Waals surface area contributed by atoms with Gasteiger partial charge in [0.25, 0.3) is 0 Å². The van der Waals surface area contributed by atoms with Crippen LogP contribution in [-0.2, 0) is 12.6 Å². The Labute approximate surface area is 61.5 Å². The summed E-state index contributed by atoms with van der Waals surface area (Å²) in [5.74, 6) is 0.372. The van der Waals surface area contributed by atoms with Gasteiger partial charge in [0.05, 0.1) is 11.6 Å². The Kier molecular flexibility index (Phi) is 2.42. The number of aromatic nitrogens is 1. The Morgan fingerprint density at radius 3 is 2.89 bits per heavy atom. The van der Waals surface area contributed by atoms with E-state index in [0.29, 0.717) is 10.9 Å². The second kappa shape index (κ2) is 3.13. The third kappa shape index (κ3) is 1.63. The zero-order chi connectivity index (χ0) is 6.69. The number of thiazole rings is 1. The van der Waals surface area contributed by atoms with Crippen molar-refractivity contribution in [2.24, 2.45) is 0 Å². The second-order valence-electron chi connectivity index (χ2n) is 1.50. The summed E-state index contributed by atoms with van der Waals surface area (Å²) in [4.78, 5) is 3.86. The third-order valence-electron chi connectivity index (χ3n) is 0.851. The molecular weight excluding hydrogens is 161 g/mol. The monoisotopic (exact) mass is 165 g/mol. The van der Waals surface area contributed by atoms with Crippen LogP contribution in [0.15, 0.2) is 5.38 Å². The van der Waals surface area contributed by atoms with E-state index in [-0.39, 0.29) is 0 Å². The lowest BCUT2D eigenvalue weighted by Crippen LogP contribution is -1.78. The molecule has 0 N–H and O–H groups in total. The third-order valence-corrected chi connectivity index (χ3v) is 1.99. The Morgan fingerprint density at radius 1 is 1.78 bits per heavy atom. The van der Waals surface area contributed by atoms with Gasteiger partial charge in [0, 0.05) is 5.38 Å². The molecule has 0 aliphatic rings. The summed E-state index contributed by atoms with van der Waals surface area (Å²) in [5.41, 5.74) is 0.759. The first-order valence-electron chi connectivity index (χ1n) is 2.42. The molecule has 0 saturated carbocycles. The maximum Gasteiger partial charge on any atom is 0.141 e. The molecule has 0 aromatic carbocycles. The molecule has 1 rings (SSSR count). The summed E-state index contributed by atoms with van der Waals surface area (Å²) in [7, 11) is 0. The fourth-order valence-electron chi connectivity index (χ4n) is 0.472. The molecule has 0 aliphatic carbocycles. The molecule has 0 saturated heterocycles. The van der Waals surface area contributed by atoms with Crippen LogP contribution in [0.2, 0.25) is 0 Å². The zero-order valence-corrected chi connectivity index (χ0v) is 6.18. The average Bonchev–Trinajstić information content (AvgIpc) is 2.34. The molecule has 0 bridgehead atoms. The molecule has 0 spiro atoms. The molecule has 9 heavy (non-hydrogen) atoms. The number of rotatable bonds is 2. The van der Waals surface area contributed by atoms with Gasteiger partial charge in [-0.3, -0.25) is 0 Å². The van der Waals surface area contributed by atoms with E-state index in [4.69, 9.17) is 11.6 Å². The molecule has 50 valence electrons. The van der Waals surface area contributed by atoms with Crippen molar-refractivity contribution in [3.8, 4) is 0 Å². The van der Waals surface area contributed by atoms with Crippen LogP contribution < -0.4 is 0 Å². The first-order chi connectivity index (χ1) is 4.36. The van der Waals surface area contributed by atoms with Crippen LogP contribution in [0.5, 0.6) is 0 Å². The van der Waals surface area contributed by atoms with Crippen molar-refractivity contribution in [3.05, 3.63) is 16.1 Å². The van der Waals surface area contributed by atoms with Crippen LogP contribution in [0.1, 0.15) is 10.7 Å². The largest absolute Gasteiger partial charge is 0.243 e. The Hall–Kier alpha value is -0.150. The molecule has 0 aliphatic heterocycles. The van der Waals surface area contributed by atoms with Gasteiger partial charge in [0.1, 0.15) is 11.7 Å². The predicted octanol–water partition coefficient (Wildman–Crippen LogP) is 2.35. The highest BCUT2D eigenvalue weighted by Gasteiger charge is 1.97. The molecule has 0 atom stereocenters. The van der Waals surface area contributed by atoms with E-state index < -0.39 is 6.67 Å². The highest BCUT2D eigenvalue weighted by molar-refractivity contribution is 7.09. The van der Waals surface area contributed by atoms with Gasteiger partial charge in [-0.1, -0.05) is 0 Å². The molecular formula is C5H5ClFNS. The lowest BCUT2D eigenvalue weighted by Gasteiger charge is -1.80. The molecule has 0 fully saturated rings. The SMILES string of the molecule is FCc1nc(CCl)cs1. The molecule has 0 amide bonds. The van der Waals surface area contributed by atoms with Gasteiger partial charge in [-0.25, -0.2) is 9.37 Å². The number of alkyl halides is 2. The van der Waals surface area contributed by atoms with Crippen molar-refractivity contribution in [1.29, 1.82) is 0 Å². The number of halogens is 2. The normalized spacial score (nSPS) is 10.0. The summed E-state index contributed by atoms with van der Waals surface area (Å²) < 4.78 is 11.8. The van der Waals surface area contributed by atoms with Crippen LogP contribution in [0.25, 0.3) is 0 Å². The van der Waals surface area contributed by atoms with E-state index in [1.807, 2.05) is 0 Å². The van der Waals surface area contributed by atoms with Crippen LogP contribution >= 0.6 is 22.9 Å². The molecule has 4 heteroatoms. The average molecular weight is 166 g/mol. The van der Waals surface area contributed by atoms with E-state index in [2.05, 4.69) is 4.98 Å². The predicted molar refractivity (Wildman–Crippen MR) is 36.5 cm³/mol. The minimum absolute atomic E-state index is 0.372. The van der Waals surface area contributed by atoms with Crippen LogP contribution in [0.4, 0.5) is 4.39 Å². The standard InChI is InChI=1S/C5H5ClFNS/c6-1-4-3-9-5(2-7)8-4/h3H,1-2H2. The van der Waals surface area contributed by atoms with Crippen molar-refractivity contribution in [2.75, 3.05) is 0 Å². The van der Waals surface area contributed by atoms with E-state index in [0.717, 1.165) is 5.69 Å². The Morgan fingerprint density at radius 2 is 2.56 bits per heavy atom. The zero-order valence-electron chi connectivity index (χ0n) is 4.60.